The number of nitrogens with one attached hydrogen (secondary N) is 1. The topological polar surface area (TPSA) is 50.9 Å². The van der Waals surface area contributed by atoms with Crippen LogP contribution in [0.1, 0.15) is 16.7 Å². The van der Waals surface area contributed by atoms with Gasteiger partial charge in [0.2, 0.25) is 0 Å². The first-order chi connectivity index (χ1) is 10.1. The van der Waals surface area contributed by atoms with Crippen LogP contribution in [0.5, 0.6) is 0 Å². The number of pyridine rings is 1. The second kappa shape index (κ2) is 5.19. The molecule has 3 heteroatoms. The smallest absolute Gasteiger partial charge is 0.0760 e. The first kappa shape index (κ1) is 13.6. The summed E-state index contributed by atoms with van der Waals surface area (Å²) in [7, 11) is 0. The van der Waals surface area contributed by atoms with E-state index in [0.717, 1.165) is 33.4 Å². The van der Waals surface area contributed by atoms with E-state index >= 15 is 0 Å². The molecule has 21 heavy (non-hydrogen) atoms. The van der Waals surface area contributed by atoms with Gasteiger partial charge < -0.3 is 5.43 Å². The van der Waals surface area contributed by atoms with E-state index < -0.39 is 0 Å². The lowest BCUT2D eigenvalue weighted by atomic mass is 9.99. The van der Waals surface area contributed by atoms with Gasteiger partial charge in [-0.2, -0.15) is 0 Å². The van der Waals surface area contributed by atoms with Crippen molar-refractivity contribution in [3.63, 3.8) is 0 Å². The molecule has 0 aliphatic heterocycles. The van der Waals surface area contributed by atoms with E-state index in [0.29, 0.717) is 0 Å². The van der Waals surface area contributed by atoms with Crippen molar-refractivity contribution in [3.05, 3.63) is 59.2 Å². The molecule has 0 bridgehead atoms. The standard InChI is InChI=1S/C18H19N3/c1-11-9-12(2)16-15(10-11)18(21-19)13(3)17(20-16)14-7-5-4-6-8-14/h4-10H,19H2,1-3H3,(H,20,21). The molecular weight excluding hydrogens is 258 g/mol. The molecule has 0 aliphatic carbocycles. The van der Waals surface area contributed by atoms with Crippen LogP contribution >= 0.6 is 0 Å². The Morgan fingerprint density at radius 1 is 1.00 bits per heavy atom. The van der Waals surface area contributed by atoms with Gasteiger partial charge in [0.05, 0.1) is 16.9 Å². The molecule has 106 valence electrons. The van der Waals surface area contributed by atoms with Gasteiger partial charge in [0.15, 0.2) is 0 Å². The van der Waals surface area contributed by atoms with Crippen molar-refractivity contribution in [3.8, 4) is 11.3 Å². The maximum atomic E-state index is 5.79. The van der Waals surface area contributed by atoms with Gasteiger partial charge in [0, 0.05) is 16.5 Å². The minimum absolute atomic E-state index is 0.950. The first-order valence-corrected chi connectivity index (χ1v) is 7.05. The normalized spacial score (nSPS) is 10.9. The Labute approximate surface area is 124 Å². The average Bonchev–Trinajstić information content (AvgIpc) is 2.47. The fourth-order valence-electron chi connectivity index (χ4n) is 2.88. The molecule has 0 atom stereocenters. The second-order valence-electron chi connectivity index (χ2n) is 5.45. The van der Waals surface area contributed by atoms with Crippen molar-refractivity contribution in [2.45, 2.75) is 20.8 Å². The van der Waals surface area contributed by atoms with Gasteiger partial charge in [-0.1, -0.05) is 42.0 Å². The summed E-state index contributed by atoms with van der Waals surface area (Å²) in [5, 5.41) is 1.08. The third-order valence-corrected chi connectivity index (χ3v) is 3.86. The summed E-state index contributed by atoms with van der Waals surface area (Å²) in [6.07, 6.45) is 0. The second-order valence-corrected chi connectivity index (χ2v) is 5.45. The lowest BCUT2D eigenvalue weighted by molar-refractivity contribution is 1.26. The van der Waals surface area contributed by atoms with Crippen LogP contribution < -0.4 is 11.3 Å². The number of hydrogen-bond donors (Lipinski definition) is 2. The number of anilines is 1. The van der Waals surface area contributed by atoms with E-state index in [1.807, 2.05) is 18.2 Å². The maximum absolute atomic E-state index is 5.79. The predicted octanol–water partition coefficient (Wildman–Crippen LogP) is 4.11. The number of fused-ring (bicyclic) bond motifs is 1. The molecule has 0 amide bonds. The van der Waals surface area contributed by atoms with Crippen molar-refractivity contribution < 1.29 is 0 Å². The Bertz CT molecular complexity index is 808. The summed E-state index contributed by atoms with van der Waals surface area (Å²) in [6.45, 7) is 6.24. The maximum Gasteiger partial charge on any atom is 0.0760 e. The number of hydrogen-bond acceptors (Lipinski definition) is 3. The molecule has 0 unspecified atom stereocenters. The SMILES string of the molecule is Cc1cc(C)c2nc(-c3ccccc3)c(C)c(NN)c2c1. The molecule has 3 rings (SSSR count). The highest BCUT2D eigenvalue weighted by Crippen LogP contribution is 2.34. The van der Waals surface area contributed by atoms with Crippen molar-refractivity contribution in [1.29, 1.82) is 0 Å². The summed E-state index contributed by atoms with van der Waals surface area (Å²) in [5.74, 6) is 5.79. The van der Waals surface area contributed by atoms with Crippen molar-refractivity contribution >= 4 is 16.6 Å². The van der Waals surface area contributed by atoms with Gasteiger partial charge in [-0.25, -0.2) is 4.98 Å². The number of aromatic nitrogens is 1. The highest BCUT2D eigenvalue weighted by Gasteiger charge is 2.14. The molecule has 2 aromatic carbocycles. The van der Waals surface area contributed by atoms with Crippen LogP contribution in [-0.2, 0) is 0 Å². The van der Waals surface area contributed by atoms with Crippen LogP contribution in [0.2, 0.25) is 0 Å². The van der Waals surface area contributed by atoms with Gasteiger partial charge in [-0.15, -0.1) is 0 Å². The molecule has 0 fully saturated rings. The largest absolute Gasteiger partial charge is 0.323 e. The molecule has 3 N–H and O–H groups in total. The lowest BCUT2D eigenvalue weighted by Crippen LogP contribution is -2.10. The summed E-state index contributed by atoms with van der Waals surface area (Å²) < 4.78 is 0. The van der Waals surface area contributed by atoms with Crippen molar-refractivity contribution in [2.24, 2.45) is 5.84 Å². The van der Waals surface area contributed by atoms with E-state index in [1.54, 1.807) is 0 Å². The van der Waals surface area contributed by atoms with E-state index in [1.165, 1.54) is 11.1 Å². The summed E-state index contributed by atoms with van der Waals surface area (Å²) in [5.41, 5.74) is 10.3. The highest BCUT2D eigenvalue weighted by molar-refractivity contribution is 5.98. The number of nitrogens with zero attached hydrogens (tertiary/aromatic N) is 1. The van der Waals surface area contributed by atoms with Crippen molar-refractivity contribution in [2.75, 3.05) is 5.43 Å². The lowest BCUT2D eigenvalue weighted by Gasteiger charge is -2.16. The molecule has 0 radical (unpaired) electrons. The van der Waals surface area contributed by atoms with Crippen LogP contribution in [0.25, 0.3) is 22.2 Å². The van der Waals surface area contributed by atoms with E-state index in [4.69, 9.17) is 10.8 Å². The summed E-state index contributed by atoms with van der Waals surface area (Å²) >= 11 is 0. The Morgan fingerprint density at radius 2 is 1.71 bits per heavy atom. The van der Waals surface area contributed by atoms with Crippen LogP contribution in [0.15, 0.2) is 42.5 Å². The zero-order valence-electron chi connectivity index (χ0n) is 12.6. The van der Waals surface area contributed by atoms with Gasteiger partial charge in [0.25, 0.3) is 0 Å². The van der Waals surface area contributed by atoms with E-state index in [-0.39, 0.29) is 0 Å². The minimum Gasteiger partial charge on any atom is -0.323 e. The van der Waals surface area contributed by atoms with Crippen LogP contribution in [0, 0.1) is 20.8 Å². The molecule has 3 aromatic rings. The highest BCUT2D eigenvalue weighted by atomic mass is 15.2. The molecule has 1 aromatic heterocycles. The fraction of sp³-hybridized carbons (Fsp3) is 0.167. The molecule has 0 saturated heterocycles. The molecule has 1 heterocycles. The van der Waals surface area contributed by atoms with Crippen LogP contribution in [0.3, 0.4) is 0 Å². The molecule has 0 spiro atoms. The summed E-state index contributed by atoms with van der Waals surface area (Å²) in [4.78, 5) is 4.90. The number of hydrazine groups is 1. The van der Waals surface area contributed by atoms with E-state index in [2.05, 4.69) is 50.5 Å². The molecule has 0 saturated carbocycles. The van der Waals surface area contributed by atoms with E-state index in [9.17, 15) is 0 Å². The van der Waals surface area contributed by atoms with Gasteiger partial charge in [-0.3, -0.25) is 5.84 Å². The molecular formula is C18H19N3. The Balaban J connectivity index is 2.41. The quantitative estimate of drug-likeness (QED) is 0.547. The third kappa shape index (κ3) is 2.26. The Kier molecular flexibility index (Phi) is 3.35. The number of rotatable bonds is 2. The number of nitrogen functional groups attached to an aromatic ring is 1. The average molecular weight is 277 g/mol. The zero-order chi connectivity index (χ0) is 15.0. The molecule has 3 nitrogen and oxygen atoms in total. The fourth-order valence-corrected chi connectivity index (χ4v) is 2.88. The number of nitrogens with two attached hydrogens (primary N) is 1. The zero-order valence-corrected chi connectivity index (χ0v) is 12.6. The monoisotopic (exact) mass is 277 g/mol. The van der Waals surface area contributed by atoms with Gasteiger partial charge in [-0.05, 0) is 32.4 Å². The van der Waals surface area contributed by atoms with Crippen LogP contribution in [-0.4, -0.2) is 4.98 Å². The van der Waals surface area contributed by atoms with Gasteiger partial charge >= 0.3 is 0 Å². The minimum atomic E-state index is 0.950. The number of aryl methyl sites for hydroxylation is 2. The van der Waals surface area contributed by atoms with Gasteiger partial charge in [0.1, 0.15) is 0 Å². The Morgan fingerprint density at radius 3 is 2.38 bits per heavy atom. The number of benzene rings is 2. The van der Waals surface area contributed by atoms with Crippen LogP contribution in [0.4, 0.5) is 5.69 Å². The Hall–Kier alpha value is -2.39. The predicted molar refractivity (Wildman–Crippen MR) is 89.2 cm³/mol. The molecule has 0 aliphatic rings. The first-order valence-electron chi connectivity index (χ1n) is 7.05. The third-order valence-electron chi connectivity index (χ3n) is 3.86. The summed E-state index contributed by atoms with van der Waals surface area (Å²) in [6, 6.07) is 14.5. The van der Waals surface area contributed by atoms with Crippen molar-refractivity contribution in [1.82, 2.24) is 4.98 Å².